The van der Waals surface area contributed by atoms with E-state index in [1.165, 1.54) is 0 Å². The smallest absolute Gasteiger partial charge is 0.0659 e. The van der Waals surface area contributed by atoms with Crippen LogP contribution in [0, 0.1) is 0 Å². The second kappa shape index (κ2) is 3.38. The Morgan fingerprint density at radius 1 is 1.46 bits per heavy atom. The normalized spacial score (nSPS) is 10.9. The Morgan fingerprint density at radius 3 is 3.08 bits per heavy atom. The zero-order valence-electron chi connectivity index (χ0n) is 6.84. The molecule has 3 nitrogen and oxygen atoms in total. The standard InChI is InChI=1S/C9H9ClN2O/c10-8-5-11-9-2-1-6(4-12-13)3-7(8)9/h1-3,5,11-13H,4H2. The summed E-state index contributed by atoms with van der Waals surface area (Å²) in [4.78, 5) is 3.04. The molecule has 0 radical (unpaired) electrons. The quantitative estimate of drug-likeness (QED) is 0.646. The van der Waals surface area contributed by atoms with E-state index in [1.54, 1.807) is 6.20 Å². The molecule has 1 heterocycles. The summed E-state index contributed by atoms with van der Waals surface area (Å²) < 4.78 is 0. The van der Waals surface area contributed by atoms with Gasteiger partial charge in [-0.05, 0) is 17.7 Å². The second-order valence-corrected chi connectivity index (χ2v) is 3.26. The highest BCUT2D eigenvalue weighted by atomic mass is 35.5. The first kappa shape index (κ1) is 8.56. The number of nitrogens with one attached hydrogen (secondary N) is 2. The van der Waals surface area contributed by atoms with Crippen LogP contribution in [0.25, 0.3) is 10.9 Å². The number of aromatic amines is 1. The first-order valence-electron chi connectivity index (χ1n) is 3.94. The van der Waals surface area contributed by atoms with Gasteiger partial charge in [-0.15, -0.1) is 0 Å². The molecular formula is C9H9ClN2O. The fourth-order valence-corrected chi connectivity index (χ4v) is 1.55. The minimum atomic E-state index is 0.428. The molecule has 0 spiro atoms. The molecule has 1 aromatic carbocycles. The van der Waals surface area contributed by atoms with E-state index in [0.29, 0.717) is 11.6 Å². The summed E-state index contributed by atoms with van der Waals surface area (Å²) in [5.74, 6) is 0. The Kier molecular flexibility index (Phi) is 2.22. The third-order valence-corrected chi connectivity index (χ3v) is 2.29. The summed E-state index contributed by atoms with van der Waals surface area (Å²) in [5, 5.41) is 10.2. The number of fused-ring (bicyclic) bond motifs is 1. The lowest BCUT2D eigenvalue weighted by molar-refractivity contribution is 0.161. The maximum absolute atomic E-state index is 8.52. The van der Waals surface area contributed by atoms with E-state index >= 15 is 0 Å². The molecule has 0 atom stereocenters. The maximum atomic E-state index is 8.52. The number of hydrogen-bond acceptors (Lipinski definition) is 2. The largest absolute Gasteiger partial charge is 0.360 e. The van der Waals surface area contributed by atoms with E-state index in [0.717, 1.165) is 16.5 Å². The molecule has 0 amide bonds. The number of halogens is 1. The van der Waals surface area contributed by atoms with E-state index in [-0.39, 0.29) is 0 Å². The highest BCUT2D eigenvalue weighted by molar-refractivity contribution is 6.35. The van der Waals surface area contributed by atoms with Crippen LogP contribution < -0.4 is 5.48 Å². The van der Waals surface area contributed by atoms with Crippen molar-refractivity contribution in [3.8, 4) is 0 Å². The highest BCUT2D eigenvalue weighted by Gasteiger charge is 2.01. The van der Waals surface area contributed by atoms with Crippen molar-refractivity contribution in [3.05, 3.63) is 35.0 Å². The van der Waals surface area contributed by atoms with Gasteiger partial charge in [-0.25, -0.2) is 5.48 Å². The van der Waals surface area contributed by atoms with Crippen LogP contribution in [0.3, 0.4) is 0 Å². The molecule has 1 aromatic heterocycles. The number of rotatable bonds is 2. The van der Waals surface area contributed by atoms with Crippen LogP contribution in [-0.2, 0) is 6.54 Å². The Hall–Kier alpha value is -1.03. The summed E-state index contributed by atoms with van der Waals surface area (Å²) in [7, 11) is 0. The van der Waals surface area contributed by atoms with E-state index in [4.69, 9.17) is 16.8 Å². The first-order valence-corrected chi connectivity index (χ1v) is 4.31. The van der Waals surface area contributed by atoms with Gasteiger partial charge < -0.3 is 10.2 Å². The summed E-state index contributed by atoms with van der Waals surface area (Å²) in [6, 6.07) is 5.81. The highest BCUT2D eigenvalue weighted by Crippen LogP contribution is 2.23. The molecule has 3 N–H and O–H groups in total. The van der Waals surface area contributed by atoms with Crippen LogP contribution >= 0.6 is 11.6 Å². The molecule has 4 heteroatoms. The predicted octanol–water partition coefficient (Wildman–Crippen LogP) is 2.30. The summed E-state index contributed by atoms with van der Waals surface area (Å²) in [6.45, 7) is 0.428. The van der Waals surface area contributed by atoms with Crippen LogP contribution in [0.15, 0.2) is 24.4 Å². The molecule has 0 saturated carbocycles. The molecule has 2 aromatic rings. The van der Waals surface area contributed by atoms with Crippen molar-refractivity contribution in [2.24, 2.45) is 0 Å². The minimum Gasteiger partial charge on any atom is -0.360 e. The molecule has 13 heavy (non-hydrogen) atoms. The molecule has 0 unspecified atom stereocenters. The SMILES string of the molecule is ONCc1ccc2[nH]cc(Cl)c2c1. The number of H-pyrrole nitrogens is 1. The lowest BCUT2D eigenvalue weighted by atomic mass is 10.1. The third kappa shape index (κ3) is 1.54. The van der Waals surface area contributed by atoms with Crippen LogP contribution in [0.2, 0.25) is 5.02 Å². The van der Waals surface area contributed by atoms with Crippen molar-refractivity contribution >= 4 is 22.5 Å². The third-order valence-electron chi connectivity index (χ3n) is 1.98. The monoisotopic (exact) mass is 196 g/mol. The van der Waals surface area contributed by atoms with Crippen molar-refractivity contribution in [1.82, 2.24) is 10.5 Å². The average Bonchev–Trinajstić information content (AvgIpc) is 2.49. The van der Waals surface area contributed by atoms with Gasteiger partial charge in [-0.3, -0.25) is 0 Å². The summed E-state index contributed by atoms with van der Waals surface area (Å²) in [6.07, 6.45) is 1.75. The van der Waals surface area contributed by atoms with Gasteiger partial charge in [-0.1, -0.05) is 17.7 Å². The van der Waals surface area contributed by atoms with E-state index in [9.17, 15) is 0 Å². The van der Waals surface area contributed by atoms with Gasteiger partial charge in [0.1, 0.15) is 0 Å². The summed E-state index contributed by atoms with van der Waals surface area (Å²) >= 11 is 5.93. The van der Waals surface area contributed by atoms with Gasteiger partial charge >= 0.3 is 0 Å². The zero-order valence-corrected chi connectivity index (χ0v) is 7.60. The van der Waals surface area contributed by atoms with Gasteiger partial charge in [0.05, 0.1) is 5.02 Å². The van der Waals surface area contributed by atoms with E-state index < -0.39 is 0 Å². The first-order chi connectivity index (χ1) is 6.31. The molecule has 0 fully saturated rings. The number of benzene rings is 1. The molecule has 0 aliphatic heterocycles. The van der Waals surface area contributed by atoms with Crippen LogP contribution in [0.5, 0.6) is 0 Å². The lowest BCUT2D eigenvalue weighted by Gasteiger charge is -1.98. The molecule has 68 valence electrons. The Morgan fingerprint density at radius 2 is 2.31 bits per heavy atom. The second-order valence-electron chi connectivity index (χ2n) is 2.85. The maximum Gasteiger partial charge on any atom is 0.0659 e. The van der Waals surface area contributed by atoms with Gasteiger partial charge in [0.25, 0.3) is 0 Å². The van der Waals surface area contributed by atoms with Gasteiger partial charge in [0.15, 0.2) is 0 Å². The van der Waals surface area contributed by atoms with Crippen molar-refractivity contribution in [3.63, 3.8) is 0 Å². The van der Waals surface area contributed by atoms with Crippen molar-refractivity contribution in [1.29, 1.82) is 0 Å². The average molecular weight is 197 g/mol. The molecular weight excluding hydrogens is 188 g/mol. The summed E-state index contributed by atoms with van der Waals surface area (Å²) in [5.41, 5.74) is 4.11. The van der Waals surface area contributed by atoms with Gasteiger partial charge in [-0.2, -0.15) is 0 Å². The fraction of sp³-hybridized carbons (Fsp3) is 0.111. The lowest BCUT2D eigenvalue weighted by Crippen LogP contribution is -2.05. The molecule has 0 saturated heterocycles. The predicted molar refractivity (Wildman–Crippen MR) is 51.9 cm³/mol. The molecule has 0 aliphatic carbocycles. The topological polar surface area (TPSA) is 48.0 Å². The van der Waals surface area contributed by atoms with Crippen molar-refractivity contribution < 1.29 is 5.21 Å². The number of aromatic nitrogens is 1. The minimum absolute atomic E-state index is 0.428. The number of hydrogen-bond donors (Lipinski definition) is 3. The zero-order chi connectivity index (χ0) is 9.26. The Labute approximate surface area is 80.3 Å². The fourth-order valence-electron chi connectivity index (χ4n) is 1.33. The Bertz CT molecular complexity index is 424. The van der Waals surface area contributed by atoms with Gasteiger partial charge in [0, 0.05) is 23.6 Å². The van der Waals surface area contributed by atoms with Gasteiger partial charge in [0.2, 0.25) is 0 Å². The van der Waals surface area contributed by atoms with Crippen LogP contribution in [0.4, 0.5) is 0 Å². The molecule has 0 bridgehead atoms. The Balaban J connectivity index is 2.53. The van der Waals surface area contributed by atoms with Crippen LogP contribution in [-0.4, -0.2) is 10.2 Å². The van der Waals surface area contributed by atoms with Crippen molar-refractivity contribution in [2.45, 2.75) is 6.54 Å². The van der Waals surface area contributed by atoms with E-state index in [1.807, 2.05) is 18.2 Å². The number of hydroxylamine groups is 1. The molecule has 2 rings (SSSR count). The van der Waals surface area contributed by atoms with Crippen molar-refractivity contribution in [2.75, 3.05) is 0 Å². The van der Waals surface area contributed by atoms with E-state index in [2.05, 4.69) is 10.5 Å². The molecule has 0 aliphatic rings. The van der Waals surface area contributed by atoms with Crippen LogP contribution in [0.1, 0.15) is 5.56 Å².